The van der Waals surface area contributed by atoms with Crippen LogP contribution < -0.4 is 19.5 Å². The third-order valence-electron chi connectivity index (χ3n) is 5.87. The van der Waals surface area contributed by atoms with E-state index in [4.69, 9.17) is 14.2 Å². The van der Waals surface area contributed by atoms with Crippen molar-refractivity contribution in [3.8, 4) is 17.2 Å². The summed E-state index contributed by atoms with van der Waals surface area (Å²) in [6.45, 7) is 3.41. The van der Waals surface area contributed by atoms with Crippen LogP contribution in [0.2, 0.25) is 0 Å². The lowest BCUT2D eigenvalue weighted by molar-refractivity contribution is 0.0245. The van der Waals surface area contributed by atoms with E-state index in [0.29, 0.717) is 34.9 Å². The number of nitrogens with zero attached hydrogens (tertiary/aromatic N) is 1. The minimum Gasteiger partial charge on any atom is -0.493 e. The zero-order valence-electron chi connectivity index (χ0n) is 16.9. The first-order chi connectivity index (χ1) is 13.1. The van der Waals surface area contributed by atoms with Gasteiger partial charge in [0, 0.05) is 23.7 Å². The van der Waals surface area contributed by atoms with Gasteiger partial charge in [-0.1, -0.05) is 13.3 Å². The largest absolute Gasteiger partial charge is 0.493 e. The third kappa shape index (κ3) is 4.15. The fraction of sp³-hybridized carbons (Fsp3) is 0.667. The zero-order chi connectivity index (χ0) is 19.4. The fourth-order valence-electron chi connectivity index (χ4n) is 4.70. The van der Waals surface area contributed by atoms with Crippen LogP contribution in [0.3, 0.4) is 0 Å². The van der Waals surface area contributed by atoms with Gasteiger partial charge in [0.15, 0.2) is 11.5 Å². The Morgan fingerprint density at radius 1 is 1.07 bits per heavy atom. The quantitative estimate of drug-likeness (QED) is 0.792. The molecular formula is C21H32N2O4. The minimum absolute atomic E-state index is 0.0822. The van der Waals surface area contributed by atoms with Crippen LogP contribution in [-0.4, -0.2) is 56.8 Å². The van der Waals surface area contributed by atoms with E-state index in [0.717, 1.165) is 12.8 Å². The van der Waals surface area contributed by atoms with Gasteiger partial charge >= 0.3 is 0 Å². The van der Waals surface area contributed by atoms with Gasteiger partial charge in [-0.15, -0.1) is 0 Å². The molecule has 2 atom stereocenters. The minimum atomic E-state index is -0.0822. The molecule has 2 saturated heterocycles. The summed E-state index contributed by atoms with van der Waals surface area (Å²) in [4.78, 5) is 15.6. The van der Waals surface area contributed by atoms with E-state index in [2.05, 4.69) is 17.1 Å². The second-order valence-corrected chi connectivity index (χ2v) is 7.53. The third-order valence-corrected chi connectivity index (χ3v) is 5.87. The molecule has 0 spiro atoms. The first kappa shape index (κ1) is 19.8. The van der Waals surface area contributed by atoms with Crippen molar-refractivity contribution >= 4 is 5.91 Å². The second-order valence-electron chi connectivity index (χ2n) is 7.53. The molecule has 1 aromatic rings. The molecule has 2 aliphatic heterocycles. The standard InChI is InChI=1S/C21H32N2O4/c1-5-9-23-16-7-6-8-17(23)13-15(12-16)22-21(24)14-10-18(25-2)20(27-4)19(11-14)26-3/h10-11,15-17H,5-9,12-13H2,1-4H3,(H,22,24)/t16-,17-/m1/s1. The van der Waals surface area contributed by atoms with Crippen molar-refractivity contribution in [2.75, 3.05) is 27.9 Å². The van der Waals surface area contributed by atoms with E-state index in [-0.39, 0.29) is 11.9 Å². The van der Waals surface area contributed by atoms with Crippen molar-refractivity contribution in [3.63, 3.8) is 0 Å². The summed E-state index contributed by atoms with van der Waals surface area (Å²) in [6.07, 6.45) is 7.05. The van der Waals surface area contributed by atoms with Crippen LogP contribution in [0.1, 0.15) is 55.8 Å². The Balaban J connectivity index is 1.72. The molecule has 6 nitrogen and oxygen atoms in total. The summed E-state index contributed by atoms with van der Waals surface area (Å²) in [7, 11) is 4.68. The molecule has 2 heterocycles. The van der Waals surface area contributed by atoms with Crippen LogP contribution in [0, 0.1) is 0 Å². The average Bonchev–Trinajstić information content (AvgIpc) is 2.67. The number of hydrogen-bond donors (Lipinski definition) is 1. The summed E-state index contributed by atoms with van der Waals surface area (Å²) < 4.78 is 16.1. The number of hydrogen-bond acceptors (Lipinski definition) is 5. The second kappa shape index (κ2) is 8.83. The van der Waals surface area contributed by atoms with Crippen molar-refractivity contribution < 1.29 is 19.0 Å². The van der Waals surface area contributed by atoms with Gasteiger partial charge < -0.3 is 19.5 Å². The summed E-state index contributed by atoms with van der Waals surface area (Å²) in [5.41, 5.74) is 0.533. The maximum absolute atomic E-state index is 12.9. The normalized spacial score (nSPS) is 25.0. The molecule has 1 amide bonds. The summed E-state index contributed by atoms with van der Waals surface area (Å²) in [5, 5.41) is 3.25. The van der Waals surface area contributed by atoms with Gasteiger partial charge in [-0.25, -0.2) is 0 Å². The molecule has 150 valence electrons. The average molecular weight is 376 g/mol. The first-order valence-electron chi connectivity index (χ1n) is 9.97. The van der Waals surface area contributed by atoms with Crippen LogP contribution in [0.4, 0.5) is 0 Å². The zero-order valence-corrected chi connectivity index (χ0v) is 16.9. The Hall–Kier alpha value is -1.95. The lowest BCUT2D eigenvalue weighted by atomic mass is 9.81. The van der Waals surface area contributed by atoms with Gasteiger partial charge in [0.2, 0.25) is 5.75 Å². The molecular weight excluding hydrogens is 344 g/mol. The summed E-state index contributed by atoms with van der Waals surface area (Å²) in [5.74, 6) is 1.41. The molecule has 3 rings (SSSR count). The summed E-state index contributed by atoms with van der Waals surface area (Å²) >= 11 is 0. The summed E-state index contributed by atoms with van der Waals surface area (Å²) in [6, 6.07) is 4.85. The fourth-order valence-corrected chi connectivity index (χ4v) is 4.70. The van der Waals surface area contributed by atoms with Crippen molar-refractivity contribution in [2.24, 2.45) is 0 Å². The van der Waals surface area contributed by atoms with E-state index in [1.807, 2.05) is 0 Å². The molecule has 0 saturated carbocycles. The molecule has 2 bridgehead atoms. The highest BCUT2D eigenvalue weighted by Gasteiger charge is 2.38. The maximum Gasteiger partial charge on any atom is 0.251 e. The Kier molecular flexibility index (Phi) is 6.47. The van der Waals surface area contributed by atoms with Crippen molar-refractivity contribution in [1.29, 1.82) is 0 Å². The topological polar surface area (TPSA) is 60.0 Å². The molecule has 2 aliphatic rings. The SMILES string of the molecule is CCCN1[C@@H]2CCC[C@@H]1CC(NC(=O)c1cc(OC)c(OC)c(OC)c1)C2. The highest BCUT2D eigenvalue weighted by Crippen LogP contribution is 2.38. The Bertz CT molecular complexity index is 625. The number of nitrogens with one attached hydrogen (secondary N) is 1. The van der Waals surface area contributed by atoms with Crippen LogP contribution in [0.25, 0.3) is 0 Å². The van der Waals surface area contributed by atoms with Gasteiger partial charge in [-0.05, 0) is 50.8 Å². The number of carbonyl (C=O) groups excluding carboxylic acids is 1. The van der Waals surface area contributed by atoms with Crippen LogP contribution in [-0.2, 0) is 0 Å². The maximum atomic E-state index is 12.9. The number of carbonyl (C=O) groups is 1. The van der Waals surface area contributed by atoms with Crippen LogP contribution >= 0.6 is 0 Å². The molecule has 1 N–H and O–H groups in total. The monoisotopic (exact) mass is 376 g/mol. The Morgan fingerprint density at radius 3 is 2.15 bits per heavy atom. The highest BCUT2D eigenvalue weighted by atomic mass is 16.5. The molecule has 6 heteroatoms. The van der Waals surface area contributed by atoms with Gasteiger partial charge in [0.1, 0.15) is 0 Å². The highest BCUT2D eigenvalue weighted by molar-refractivity contribution is 5.95. The molecule has 0 radical (unpaired) electrons. The number of rotatable bonds is 7. The van der Waals surface area contributed by atoms with Gasteiger partial charge in [-0.3, -0.25) is 9.69 Å². The number of benzene rings is 1. The number of piperidine rings is 2. The predicted molar refractivity (Wildman–Crippen MR) is 105 cm³/mol. The molecule has 0 unspecified atom stereocenters. The number of amides is 1. The van der Waals surface area contributed by atoms with Crippen molar-refractivity contribution in [1.82, 2.24) is 10.2 Å². The van der Waals surface area contributed by atoms with E-state index >= 15 is 0 Å². The Morgan fingerprint density at radius 2 is 1.67 bits per heavy atom. The number of ether oxygens (including phenoxy) is 3. The van der Waals surface area contributed by atoms with E-state index in [1.54, 1.807) is 33.5 Å². The van der Waals surface area contributed by atoms with E-state index in [1.165, 1.54) is 32.2 Å². The van der Waals surface area contributed by atoms with Crippen LogP contribution in [0.5, 0.6) is 17.2 Å². The molecule has 0 aromatic heterocycles. The predicted octanol–water partition coefficient (Wildman–Crippen LogP) is 3.24. The van der Waals surface area contributed by atoms with Gasteiger partial charge in [0.25, 0.3) is 5.91 Å². The van der Waals surface area contributed by atoms with Crippen molar-refractivity contribution in [3.05, 3.63) is 17.7 Å². The van der Waals surface area contributed by atoms with Gasteiger partial charge in [0.05, 0.1) is 21.3 Å². The number of fused-ring (bicyclic) bond motifs is 2. The van der Waals surface area contributed by atoms with Crippen molar-refractivity contribution in [2.45, 2.75) is 63.6 Å². The first-order valence-corrected chi connectivity index (χ1v) is 9.97. The lowest BCUT2D eigenvalue weighted by Crippen LogP contribution is -2.57. The molecule has 27 heavy (non-hydrogen) atoms. The smallest absolute Gasteiger partial charge is 0.251 e. The van der Waals surface area contributed by atoms with E-state index in [9.17, 15) is 4.79 Å². The number of methoxy groups -OCH3 is 3. The van der Waals surface area contributed by atoms with E-state index < -0.39 is 0 Å². The Labute approximate surface area is 162 Å². The van der Waals surface area contributed by atoms with Gasteiger partial charge in [-0.2, -0.15) is 0 Å². The molecule has 0 aliphatic carbocycles. The van der Waals surface area contributed by atoms with Crippen LogP contribution in [0.15, 0.2) is 12.1 Å². The molecule has 1 aromatic carbocycles. The molecule has 2 fully saturated rings. The lowest BCUT2D eigenvalue weighted by Gasteiger charge is -2.49.